The monoisotopic (exact) mass is 351 g/mol. The summed E-state index contributed by atoms with van der Waals surface area (Å²) in [6.07, 6.45) is -5.73. The van der Waals surface area contributed by atoms with E-state index in [4.69, 9.17) is 14.2 Å². The molecule has 0 saturated carbocycles. The zero-order valence-electron chi connectivity index (χ0n) is 14.5. The van der Waals surface area contributed by atoms with Gasteiger partial charge in [0.2, 0.25) is 5.91 Å². The zero-order chi connectivity index (χ0) is 18.4. The predicted octanol–water partition coefficient (Wildman–Crippen LogP) is -2.02. The van der Waals surface area contributed by atoms with Gasteiger partial charge < -0.3 is 40.0 Å². The van der Waals surface area contributed by atoms with E-state index in [9.17, 15) is 25.2 Å². The first kappa shape index (κ1) is 21.2. The van der Waals surface area contributed by atoms with E-state index in [0.717, 1.165) is 0 Å². The molecule has 0 radical (unpaired) electrons. The number of methoxy groups -OCH3 is 1. The van der Waals surface area contributed by atoms with Gasteiger partial charge in [0.25, 0.3) is 0 Å². The molecule has 1 fully saturated rings. The summed E-state index contributed by atoms with van der Waals surface area (Å²) in [4.78, 5) is 11.4. The van der Waals surface area contributed by atoms with E-state index in [0.29, 0.717) is 0 Å². The molecule has 0 bridgehead atoms. The Morgan fingerprint density at radius 2 is 1.96 bits per heavy atom. The van der Waals surface area contributed by atoms with E-state index in [1.807, 2.05) is 0 Å². The van der Waals surface area contributed by atoms with Crippen LogP contribution in [-0.2, 0) is 19.0 Å². The van der Waals surface area contributed by atoms with Crippen LogP contribution in [0.3, 0.4) is 0 Å². The molecule has 1 saturated heterocycles. The Kier molecular flexibility index (Phi) is 8.51. The number of ether oxygens (including phenoxy) is 3. The lowest BCUT2D eigenvalue weighted by Crippen LogP contribution is -2.66. The average Bonchev–Trinajstić information content (AvgIpc) is 2.53. The Morgan fingerprint density at radius 1 is 1.33 bits per heavy atom. The van der Waals surface area contributed by atoms with Gasteiger partial charge >= 0.3 is 0 Å². The van der Waals surface area contributed by atoms with Gasteiger partial charge in [-0.2, -0.15) is 0 Å². The third-order valence-corrected chi connectivity index (χ3v) is 4.11. The molecule has 9 heteroatoms. The number of hydrogen-bond donors (Lipinski definition) is 5. The minimum absolute atomic E-state index is 0.222. The summed E-state index contributed by atoms with van der Waals surface area (Å²) in [6.45, 7) is 3.83. The van der Waals surface area contributed by atoms with Gasteiger partial charge in [-0.25, -0.2) is 0 Å². The highest BCUT2D eigenvalue weighted by atomic mass is 16.7. The van der Waals surface area contributed by atoms with Crippen molar-refractivity contribution in [2.45, 2.75) is 63.6 Å². The van der Waals surface area contributed by atoms with Gasteiger partial charge in [-0.15, -0.1) is 0 Å². The van der Waals surface area contributed by atoms with Crippen molar-refractivity contribution in [2.24, 2.45) is 5.92 Å². The Labute approximate surface area is 141 Å². The fourth-order valence-electron chi connectivity index (χ4n) is 2.84. The molecule has 0 aromatic carbocycles. The number of amides is 1. The first-order valence-corrected chi connectivity index (χ1v) is 7.95. The second kappa shape index (κ2) is 9.62. The lowest BCUT2D eigenvalue weighted by molar-refractivity contribution is -0.296. The van der Waals surface area contributed by atoms with Crippen LogP contribution in [0.15, 0.2) is 0 Å². The van der Waals surface area contributed by atoms with E-state index in [2.05, 4.69) is 5.32 Å². The molecule has 5 N–H and O–H groups in total. The highest BCUT2D eigenvalue weighted by molar-refractivity contribution is 5.73. The summed E-state index contributed by atoms with van der Waals surface area (Å²) in [7, 11) is 1.36. The van der Waals surface area contributed by atoms with Gasteiger partial charge in [-0.05, 0) is 6.92 Å². The van der Waals surface area contributed by atoms with Crippen LogP contribution in [0.25, 0.3) is 0 Å². The fraction of sp³-hybridized carbons (Fsp3) is 0.933. The minimum Gasteiger partial charge on any atom is -0.396 e. The van der Waals surface area contributed by atoms with Crippen LogP contribution in [0, 0.1) is 5.92 Å². The van der Waals surface area contributed by atoms with Crippen molar-refractivity contribution >= 4 is 5.91 Å². The summed E-state index contributed by atoms with van der Waals surface area (Å²) >= 11 is 0. The molecule has 1 aliphatic rings. The van der Waals surface area contributed by atoms with Crippen molar-refractivity contribution in [3.05, 3.63) is 0 Å². The number of carbonyl (C=O) groups excluding carboxylic acids is 1. The molecule has 0 aliphatic carbocycles. The molecule has 1 heterocycles. The summed E-state index contributed by atoms with van der Waals surface area (Å²) in [5.74, 6) is -0.811. The smallest absolute Gasteiger partial charge is 0.217 e. The summed E-state index contributed by atoms with van der Waals surface area (Å²) in [6, 6.07) is -0.956. The molecule has 0 spiro atoms. The fourth-order valence-corrected chi connectivity index (χ4v) is 2.84. The van der Waals surface area contributed by atoms with E-state index in [1.165, 1.54) is 21.0 Å². The largest absolute Gasteiger partial charge is 0.396 e. The molecule has 9 nitrogen and oxygen atoms in total. The third kappa shape index (κ3) is 5.09. The maximum Gasteiger partial charge on any atom is 0.217 e. The first-order valence-electron chi connectivity index (χ1n) is 7.95. The van der Waals surface area contributed by atoms with Crippen molar-refractivity contribution in [1.29, 1.82) is 0 Å². The summed E-state index contributed by atoms with van der Waals surface area (Å²) in [5, 5.41) is 41.7. The Hall–Kier alpha value is -0.810. The first-order chi connectivity index (χ1) is 11.3. The predicted molar refractivity (Wildman–Crippen MR) is 83.0 cm³/mol. The van der Waals surface area contributed by atoms with Gasteiger partial charge in [0.1, 0.15) is 24.4 Å². The van der Waals surface area contributed by atoms with Crippen LogP contribution >= 0.6 is 0 Å². The van der Waals surface area contributed by atoms with E-state index < -0.39 is 61.3 Å². The molecule has 0 aromatic rings. The molecule has 8 unspecified atom stereocenters. The van der Waals surface area contributed by atoms with Gasteiger partial charge in [-0.1, -0.05) is 6.92 Å². The van der Waals surface area contributed by atoms with Crippen LogP contribution in [0.5, 0.6) is 0 Å². The Morgan fingerprint density at radius 3 is 2.38 bits per heavy atom. The van der Waals surface area contributed by atoms with Gasteiger partial charge in [0, 0.05) is 26.6 Å². The number of aliphatic hydroxyl groups excluding tert-OH is 4. The quantitative estimate of drug-likeness (QED) is 0.338. The SMILES string of the molecule is COC1C(CO)OC(OC(C(C)O)C(C)CO)C(NC(C)=O)C1O. The Bertz CT molecular complexity index is 394. The number of rotatable bonds is 8. The molecule has 142 valence electrons. The average molecular weight is 351 g/mol. The number of nitrogens with one attached hydrogen (secondary N) is 1. The second-order valence-corrected chi connectivity index (χ2v) is 6.14. The standard InChI is InChI=1S/C15H29NO8/c1-7(5-17)13(8(2)19)24-15-11(16-9(3)20)12(21)14(22-4)10(6-18)23-15/h7-8,10-15,17-19,21H,5-6H2,1-4H3,(H,16,20). The van der Waals surface area contributed by atoms with Crippen molar-refractivity contribution in [3.63, 3.8) is 0 Å². The van der Waals surface area contributed by atoms with E-state index in [-0.39, 0.29) is 6.61 Å². The second-order valence-electron chi connectivity index (χ2n) is 6.14. The molecule has 8 atom stereocenters. The summed E-state index contributed by atoms with van der Waals surface area (Å²) < 4.78 is 16.5. The van der Waals surface area contributed by atoms with Crippen LogP contribution in [0.4, 0.5) is 0 Å². The topological polar surface area (TPSA) is 138 Å². The Balaban J connectivity index is 3.02. The maximum atomic E-state index is 11.4. The summed E-state index contributed by atoms with van der Waals surface area (Å²) in [5.41, 5.74) is 0. The molecular weight excluding hydrogens is 322 g/mol. The zero-order valence-corrected chi connectivity index (χ0v) is 14.5. The lowest BCUT2D eigenvalue weighted by Gasteiger charge is -2.45. The van der Waals surface area contributed by atoms with Crippen molar-refractivity contribution in [2.75, 3.05) is 20.3 Å². The number of carbonyl (C=O) groups is 1. The van der Waals surface area contributed by atoms with Crippen molar-refractivity contribution in [1.82, 2.24) is 5.32 Å². The molecular formula is C15H29NO8. The molecule has 24 heavy (non-hydrogen) atoms. The van der Waals surface area contributed by atoms with Gasteiger partial charge in [0.15, 0.2) is 6.29 Å². The van der Waals surface area contributed by atoms with Crippen molar-refractivity contribution < 1.29 is 39.4 Å². The van der Waals surface area contributed by atoms with E-state index >= 15 is 0 Å². The molecule has 1 aliphatic heterocycles. The maximum absolute atomic E-state index is 11.4. The highest BCUT2D eigenvalue weighted by Crippen LogP contribution is 2.27. The third-order valence-electron chi connectivity index (χ3n) is 4.11. The normalized spacial score (nSPS) is 34.4. The highest BCUT2D eigenvalue weighted by Gasteiger charge is 2.47. The number of hydrogen-bond acceptors (Lipinski definition) is 8. The van der Waals surface area contributed by atoms with Crippen molar-refractivity contribution in [3.8, 4) is 0 Å². The van der Waals surface area contributed by atoms with E-state index in [1.54, 1.807) is 6.92 Å². The van der Waals surface area contributed by atoms with Gasteiger partial charge in [0.05, 0.1) is 18.8 Å². The minimum atomic E-state index is -1.19. The van der Waals surface area contributed by atoms with Crippen LogP contribution in [-0.4, -0.2) is 89.5 Å². The van der Waals surface area contributed by atoms with Crippen LogP contribution in [0.2, 0.25) is 0 Å². The number of aliphatic hydroxyl groups is 4. The molecule has 0 aromatic heterocycles. The molecule has 1 rings (SSSR count). The van der Waals surface area contributed by atoms with Crippen LogP contribution in [0.1, 0.15) is 20.8 Å². The molecule has 1 amide bonds. The van der Waals surface area contributed by atoms with Crippen LogP contribution < -0.4 is 5.32 Å². The van der Waals surface area contributed by atoms with Gasteiger partial charge in [-0.3, -0.25) is 4.79 Å². The lowest BCUT2D eigenvalue weighted by atomic mass is 9.95.